The number of hydrogen-bond donors (Lipinski definition) is 0. The Morgan fingerprint density at radius 1 is 1.60 bits per heavy atom. The normalized spacial score (nSPS) is 25.3. The van der Waals surface area contributed by atoms with Crippen LogP contribution in [0.1, 0.15) is 47.0 Å². The second-order valence-corrected chi connectivity index (χ2v) is 5.18. The first-order valence-corrected chi connectivity index (χ1v) is 5.86. The third-order valence-electron chi connectivity index (χ3n) is 3.11. The van der Waals surface area contributed by atoms with Crippen molar-refractivity contribution < 1.29 is 4.79 Å². The minimum Gasteiger partial charge on any atom is -0.294 e. The Kier molecular flexibility index (Phi) is 3.90. The van der Waals surface area contributed by atoms with Crippen LogP contribution in [0.5, 0.6) is 0 Å². The topological polar surface area (TPSA) is 17.1 Å². The molecule has 0 aliphatic heterocycles. The van der Waals surface area contributed by atoms with E-state index in [0.29, 0.717) is 0 Å². The second kappa shape index (κ2) is 4.78. The van der Waals surface area contributed by atoms with Gasteiger partial charge in [-0.05, 0) is 37.7 Å². The molecule has 1 nitrogen and oxygen atoms in total. The zero-order valence-electron chi connectivity index (χ0n) is 10.3. The van der Waals surface area contributed by atoms with Crippen LogP contribution in [-0.4, -0.2) is 5.78 Å². The van der Waals surface area contributed by atoms with Crippen molar-refractivity contribution in [1.29, 1.82) is 0 Å². The van der Waals surface area contributed by atoms with Gasteiger partial charge < -0.3 is 0 Å². The summed E-state index contributed by atoms with van der Waals surface area (Å²) in [6.45, 7) is 8.61. The predicted octanol–water partition coefficient (Wildman–Crippen LogP) is 3.90. The molecule has 1 rings (SSSR count). The molecule has 0 heterocycles. The van der Waals surface area contributed by atoms with Gasteiger partial charge in [0.1, 0.15) is 0 Å². The molecular weight excluding hydrogens is 184 g/mol. The zero-order chi connectivity index (χ0) is 11.5. The van der Waals surface area contributed by atoms with E-state index < -0.39 is 0 Å². The minimum atomic E-state index is 0.140. The van der Waals surface area contributed by atoms with Crippen molar-refractivity contribution >= 4 is 5.78 Å². The molecule has 1 atom stereocenters. The van der Waals surface area contributed by atoms with E-state index in [4.69, 9.17) is 0 Å². The fourth-order valence-corrected chi connectivity index (χ4v) is 2.25. The molecule has 0 saturated carbocycles. The monoisotopic (exact) mass is 206 g/mol. The van der Waals surface area contributed by atoms with Gasteiger partial charge in [-0.1, -0.05) is 38.5 Å². The average Bonchev–Trinajstić information content (AvgIpc) is 2.12. The largest absolute Gasteiger partial charge is 0.294 e. The third kappa shape index (κ3) is 3.33. The van der Waals surface area contributed by atoms with Crippen LogP contribution in [0.2, 0.25) is 0 Å². The van der Waals surface area contributed by atoms with Crippen molar-refractivity contribution in [2.24, 2.45) is 11.3 Å². The Morgan fingerprint density at radius 2 is 2.27 bits per heavy atom. The van der Waals surface area contributed by atoms with Crippen LogP contribution in [0.3, 0.4) is 0 Å². The average molecular weight is 206 g/mol. The Hall–Kier alpha value is -0.850. The molecule has 0 spiro atoms. The predicted molar refractivity (Wildman–Crippen MR) is 64.7 cm³/mol. The van der Waals surface area contributed by atoms with Gasteiger partial charge in [0.15, 0.2) is 5.78 Å². The molecule has 15 heavy (non-hydrogen) atoms. The van der Waals surface area contributed by atoms with Gasteiger partial charge in [0.05, 0.1) is 0 Å². The van der Waals surface area contributed by atoms with Crippen molar-refractivity contribution in [2.45, 2.75) is 47.0 Å². The van der Waals surface area contributed by atoms with Gasteiger partial charge in [0, 0.05) is 5.92 Å². The van der Waals surface area contributed by atoms with Crippen LogP contribution in [0.4, 0.5) is 0 Å². The van der Waals surface area contributed by atoms with Crippen molar-refractivity contribution in [3.8, 4) is 0 Å². The van der Waals surface area contributed by atoms with Crippen LogP contribution < -0.4 is 0 Å². The summed E-state index contributed by atoms with van der Waals surface area (Å²) < 4.78 is 0. The highest BCUT2D eigenvalue weighted by Crippen LogP contribution is 2.36. The van der Waals surface area contributed by atoms with E-state index in [2.05, 4.69) is 33.8 Å². The lowest BCUT2D eigenvalue weighted by atomic mass is 9.74. The van der Waals surface area contributed by atoms with Crippen molar-refractivity contribution in [3.05, 3.63) is 23.8 Å². The molecule has 0 N–H and O–H groups in total. The van der Waals surface area contributed by atoms with E-state index >= 15 is 0 Å². The minimum absolute atomic E-state index is 0.140. The van der Waals surface area contributed by atoms with E-state index in [1.165, 1.54) is 5.57 Å². The molecule has 0 aromatic heterocycles. The second-order valence-electron chi connectivity index (χ2n) is 5.18. The highest BCUT2D eigenvalue weighted by atomic mass is 16.1. The molecule has 1 unspecified atom stereocenters. The highest BCUT2D eigenvalue weighted by Gasteiger charge is 2.28. The first kappa shape index (κ1) is 12.2. The summed E-state index contributed by atoms with van der Waals surface area (Å²) >= 11 is 0. The summed E-state index contributed by atoms with van der Waals surface area (Å²) in [5.74, 6) is 0.418. The smallest absolute Gasteiger partial charge is 0.162 e. The molecular formula is C14H22O. The maximum absolute atomic E-state index is 11.9. The Balaban J connectivity index is 2.74. The van der Waals surface area contributed by atoms with Gasteiger partial charge in [0.2, 0.25) is 0 Å². The Labute approximate surface area is 93.3 Å². The van der Waals surface area contributed by atoms with E-state index in [0.717, 1.165) is 19.3 Å². The quantitative estimate of drug-likeness (QED) is 0.505. The van der Waals surface area contributed by atoms with Crippen LogP contribution in [0, 0.1) is 11.3 Å². The molecule has 0 bridgehead atoms. The summed E-state index contributed by atoms with van der Waals surface area (Å²) in [7, 11) is 0. The van der Waals surface area contributed by atoms with Gasteiger partial charge >= 0.3 is 0 Å². The summed E-state index contributed by atoms with van der Waals surface area (Å²) in [6, 6.07) is 0. The number of carbonyl (C=O) groups is 1. The fraction of sp³-hybridized carbons (Fsp3) is 0.643. The van der Waals surface area contributed by atoms with Crippen molar-refractivity contribution in [3.63, 3.8) is 0 Å². The Morgan fingerprint density at radius 3 is 2.80 bits per heavy atom. The third-order valence-corrected chi connectivity index (χ3v) is 3.11. The maximum atomic E-state index is 11.9. The van der Waals surface area contributed by atoms with Crippen LogP contribution in [0.15, 0.2) is 23.8 Å². The number of ketones is 1. The van der Waals surface area contributed by atoms with Gasteiger partial charge in [-0.2, -0.15) is 0 Å². The lowest BCUT2D eigenvalue weighted by Gasteiger charge is -2.30. The zero-order valence-corrected chi connectivity index (χ0v) is 10.3. The summed E-state index contributed by atoms with van der Waals surface area (Å²) in [5, 5.41) is 0. The maximum Gasteiger partial charge on any atom is 0.162 e. The lowest BCUT2D eigenvalue weighted by molar-refractivity contribution is -0.117. The fourth-order valence-electron chi connectivity index (χ4n) is 2.25. The number of allylic oxidation sites excluding steroid dienone is 4. The van der Waals surface area contributed by atoms with Gasteiger partial charge in [-0.15, -0.1) is 0 Å². The molecule has 0 saturated heterocycles. The molecule has 84 valence electrons. The summed E-state index contributed by atoms with van der Waals surface area (Å²) in [6.07, 6.45) is 9.02. The molecule has 1 aliphatic carbocycles. The molecule has 1 aliphatic rings. The number of rotatable bonds is 3. The number of carbonyl (C=O) groups excluding carboxylic acids is 1. The van der Waals surface area contributed by atoms with Gasteiger partial charge in [0.25, 0.3) is 0 Å². The van der Waals surface area contributed by atoms with Crippen LogP contribution >= 0.6 is 0 Å². The standard InChI is InChI=1S/C14H22O/c1-5-6-7-13(15)12-8-9-14(3,4)10-11(12)2/h6-7,10,12H,5,8-9H2,1-4H3/b7-6+. The number of hydrogen-bond acceptors (Lipinski definition) is 1. The molecule has 0 radical (unpaired) electrons. The molecule has 1 heteroatoms. The van der Waals surface area contributed by atoms with E-state index in [1.807, 2.05) is 6.08 Å². The van der Waals surface area contributed by atoms with Crippen molar-refractivity contribution in [1.82, 2.24) is 0 Å². The first-order valence-electron chi connectivity index (χ1n) is 5.86. The van der Waals surface area contributed by atoms with E-state index in [1.54, 1.807) is 6.08 Å². The van der Waals surface area contributed by atoms with Crippen molar-refractivity contribution in [2.75, 3.05) is 0 Å². The molecule has 0 fully saturated rings. The van der Waals surface area contributed by atoms with Crippen LogP contribution in [-0.2, 0) is 4.79 Å². The van der Waals surface area contributed by atoms with E-state index in [9.17, 15) is 4.79 Å². The SMILES string of the molecule is CC/C=C/C(=O)C1CCC(C)(C)C=C1C. The van der Waals surface area contributed by atoms with Gasteiger partial charge in [-0.25, -0.2) is 0 Å². The molecule has 0 amide bonds. The van der Waals surface area contributed by atoms with E-state index in [-0.39, 0.29) is 17.1 Å². The Bertz CT molecular complexity index is 294. The summed E-state index contributed by atoms with van der Waals surface area (Å²) in [5.41, 5.74) is 1.52. The molecule has 0 aromatic carbocycles. The first-order chi connectivity index (χ1) is 6.96. The lowest BCUT2D eigenvalue weighted by Crippen LogP contribution is -2.23. The summed E-state index contributed by atoms with van der Waals surface area (Å²) in [4.78, 5) is 11.9. The van der Waals surface area contributed by atoms with Crippen LogP contribution in [0.25, 0.3) is 0 Å². The highest BCUT2D eigenvalue weighted by molar-refractivity contribution is 5.93. The molecule has 0 aromatic rings. The van der Waals surface area contributed by atoms with Gasteiger partial charge in [-0.3, -0.25) is 4.79 Å².